The Morgan fingerprint density at radius 1 is 0.540 bits per heavy atom. The minimum Gasteiger partial charge on any atom is -0.508 e. The molecule has 6 aromatic carbocycles. The van der Waals surface area contributed by atoms with E-state index in [0.29, 0.717) is 54.5 Å². The Hall–Kier alpha value is -11.0. The summed E-state index contributed by atoms with van der Waals surface area (Å²) in [7, 11) is 0. The topological polar surface area (TPSA) is 421 Å². The van der Waals surface area contributed by atoms with E-state index in [0.717, 1.165) is 21.5 Å². The number of fused-ring (bicyclic) bond motifs is 2. The van der Waals surface area contributed by atoms with Gasteiger partial charge in [-0.05, 0) is 119 Å². The second-order valence-corrected chi connectivity index (χ2v) is 25.5. The number of phenolic OH excluding ortho intramolecular Hbond substituents is 1. The number of aliphatic imine (C=N–C) groups is 1. The number of nitrogens with one attached hydrogen (secondary N) is 8. The molecule has 0 aromatic heterocycles. The number of carbonyl (C=O) groups excluding carboxylic acids is 11. The van der Waals surface area contributed by atoms with Gasteiger partial charge < -0.3 is 79.7 Å². The van der Waals surface area contributed by atoms with Crippen LogP contribution >= 0.6 is 0 Å². The minimum atomic E-state index is -1.82. The maximum absolute atomic E-state index is 15.2. The first-order valence-electron chi connectivity index (χ1n) is 33.3. The van der Waals surface area contributed by atoms with Gasteiger partial charge in [-0.15, -0.1) is 0 Å². The third kappa shape index (κ3) is 21.5. The number of carbonyl (C=O) groups is 11. The highest BCUT2D eigenvalue weighted by Crippen LogP contribution is 2.24. The highest BCUT2D eigenvalue weighted by Gasteiger charge is 2.40. The first kappa shape index (κ1) is 74.8. The lowest BCUT2D eigenvalue weighted by Crippen LogP contribution is -2.61. The largest absolute Gasteiger partial charge is 0.508 e. The van der Waals surface area contributed by atoms with Crippen molar-refractivity contribution < 1.29 is 67.3 Å². The molecular formula is C72H87FN14O13. The standard InChI is InChI=1S/C72H87FN14O13/c1-42(2)32-54(63(92)79-53(14-7-29-77-72(75)76)71(100)87-31-9-16-61(87)69(98)78-39-62(74)91)80-66(95)57(37-45-17-23-47-10-3-5-12-49(47)33-45)81-64(93)55(36-44-21-27-52(90)28-22-44)83-68(97)59(40-88)85-67(96)58(38-46-18-24-48-11-4-6-13-50(48)34-46)82-65(94)56(35-43-19-25-51(73)26-20-43)84-70(99)60-15-8-30-86(60)41-89/h3-6,10-13,17-28,33-34,41-42,53-61,88,90H,7-9,14-16,29-32,35-40H2,1-2H3,(H2,74,91)(H,78,98)(H,79,92)(H,80,95)(H,81,93)(H,82,94)(H,83,97)(H,84,99)(H,85,96)(H4,75,76,77)/t53-,54-,55-,56+,57+,58+,59-,60-,61-/m0/s1. The number of amides is 11. The molecule has 2 aliphatic rings. The number of phenols is 1. The van der Waals surface area contributed by atoms with Crippen molar-refractivity contribution in [3.8, 4) is 5.75 Å². The summed E-state index contributed by atoms with van der Waals surface area (Å²) in [5, 5.41) is 46.1. The van der Waals surface area contributed by atoms with Gasteiger partial charge in [0.15, 0.2) is 5.96 Å². The lowest BCUT2D eigenvalue weighted by atomic mass is 9.98. The molecule has 0 aliphatic carbocycles. The molecule has 8 rings (SSSR count). The van der Waals surface area contributed by atoms with Gasteiger partial charge in [-0.25, -0.2) is 4.39 Å². The van der Waals surface area contributed by atoms with Crippen LogP contribution in [0.25, 0.3) is 21.5 Å². The summed E-state index contributed by atoms with van der Waals surface area (Å²) in [6.07, 6.45) is 1.39. The zero-order chi connectivity index (χ0) is 72.0. The van der Waals surface area contributed by atoms with Gasteiger partial charge in [-0.2, -0.15) is 0 Å². The van der Waals surface area contributed by atoms with Crippen LogP contribution in [0.4, 0.5) is 4.39 Å². The van der Waals surface area contributed by atoms with Crippen LogP contribution in [0.15, 0.2) is 138 Å². The number of aromatic hydroxyl groups is 1. The van der Waals surface area contributed by atoms with Crippen molar-refractivity contribution in [1.82, 2.24) is 52.3 Å². The first-order valence-corrected chi connectivity index (χ1v) is 33.3. The van der Waals surface area contributed by atoms with E-state index < -0.39 is 132 Å². The van der Waals surface area contributed by atoms with Crippen molar-refractivity contribution in [3.05, 3.63) is 162 Å². The van der Waals surface area contributed by atoms with Gasteiger partial charge in [0, 0.05) is 45.3 Å². The molecule has 16 N–H and O–H groups in total. The number of rotatable bonds is 34. The van der Waals surface area contributed by atoms with Crippen LogP contribution in [-0.2, 0) is 78.4 Å². The molecule has 0 unspecified atom stereocenters. The van der Waals surface area contributed by atoms with Gasteiger partial charge in [0.25, 0.3) is 0 Å². The van der Waals surface area contributed by atoms with Crippen molar-refractivity contribution in [2.24, 2.45) is 28.1 Å². The third-order valence-corrected chi connectivity index (χ3v) is 17.5. The normalized spacial score (nSPS) is 16.3. The number of hydrogen-bond donors (Lipinski definition) is 13. The number of primary amides is 1. The molecule has 2 saturated heterocycles. The molecule has 6 aromatic rings. The molecule has 11 amide bonds. The van der Waals surface area contributed by atoms with E-state index >= 15 is 9.59 Å². The summed E-state index contributed by atoms with van der Waals surface area (Å²) in [5.41, 5.74) is 18.4. The molecule has 2 heterocycles. The highest BCUT2D eigenvalue weighted by molar-refractivity contribution is 5.99. The summed E-state index contributed by atoms with van der Waals surface area (Å²) < 4.78 is 14.2. The number of hydrogen-bond acceptors (Lipinski definition) is 14. The predicted molar refractivity (Wildman–Crippen MR) is 370 cm³/mol. The average Bonchev–Trinajstić information content (AvgIpc) is 1.77. The lowest BCUT2D eigenvalue weighted by Gasteiger charge is -2.30. The van der Waals surface area contributed by atoms with Crippen LogP contribution in [-0.4, -0.2) is 179 Å². The quantitative estimate of drug-likeness (QED) is 0.0115. The van der Waals surface area contributed by atoms with Crippen molar-refractivity contribution in [3.63, 3.8) is 0 Å². The Bertz CT molecular complexity index is 3950. The van der Waals surface area contributed by atoms with E-state index in [9.17, 15) is 57.8 Å². The number of guanidine groups is 1. The monoisotopic (exact) mass is 1370 g/mol. The van der Waals surface area contributed by atoms with Gasteiger partial charge in [0.05, 0.1) is 13.2 Å². The van der Waals surface area contributed by atoms with E-state index in [4.69, 9.17) is 17.2 Å². The first-order chi connectivity index (χ1) is 47.9. The van der Waals surface area contributed by atoms with E-state index in [1.54, 1.807) is 32.0 Å². The molecule has 530 valence electrons. The van der Waals surface area contributed by atoms with E-state index in [1.165, 1.54) is 58.3 Å². The molecule has 2 aliphatic heterocycles. The fourth-order valence-corrected chi connectivity index (χ4v) is 12.3. The number of nitrogens with zero attached hydrogens (tertiary/aromatic N) is 3. The molecule has 28 heteroatoms. The van der Waals surface area contributed by atoms with E-state index in [-0.39, 0.29) is 82.1 Å². The van der Waals surface area contributed by atoms with Crippen LogP contribution in [0.2, 0.25) is 0 Å². The van der Waals surface area contributed by atoms with Crippen molar-refractivity contribution in [2.45, 2.75) is 139 Å². The average molecular weight is 1380 g/mol. The summed E-state index contributed by atoms with van der Waals surface area (Å²) >= 11 is 0. The minimum absolute atomic E-state index is 0.0142. The molecule has 9 atom stereocenters. The van der Waals surface area contributed by atoms with Crippen LogP contribution in [0.3, 0.4) is 0 Å². The van der Waals surface area contributed by atoms with Gasteiger partial charge >= 0.3 is 0 Å². The van der Waals surface area contributed by atoms with Crippen molar-refractivity contribution >= 4 is 93.0 Å². The molecule has 100 heavy (non-hydrogen) atoms. The zero-order valence-electron chi connectivity index (χ0n) is 55.7. The maximum atomic E-state index is 15.2. The number of benzene rings is 6. The molecule has 0 bridgehead atoms. The fourth-order valence-electron chi connectivity index (χ4n) is 12.3. The lowest BCUT2D eigenvalue weighted by molar-refractivity contribution is -0.142. The summed E-state index contributed by atoms with van der Waals surface area (Å²) in [6.45, 7) is 2.60. The second kappa shape index (κ2) is 36.0. The number of halogens is 1. The predicted octanol–water partition coefficient (Wildman–Crippen LogP) is 0.807. The van der Waals surface area contributed by atoms with Gasteiger partial charge in [-0.1, -0.05) is 123 Å². The number of nitrogens with two attached hydrogens (primary N) is 3. The number of aliphatic hydroxyl groups excluding tert-OH is 1. The van der Waals surface area contributed by atoms with E-state index in [2.05, 4.69) is 47.5 Å². The number of likely N-dealkylation sites (tertiary alicyclic amines) is 2. The Morgan fingerprint density at radius 3 is 1.49 bits per heavy atom. The molecular weight excluding hydrogens is 1290 g/mol. The van der Waals surface area contributed by atoms with Crippen molar-refractivity contribution in [2.75, 3.05) is 32.8 Å². The Kier molecular flexibility index (Phi) is 26.9. The molecule has 0 spiro atoms. The van der Waals surface area contributed by atoms with Crippen molar-refractivity contribution in [1.29, 1.82) is 0 Å². The summed E-state index contributed by atoms with van der Waals surface area (Å²) in [6, 6.07) is 24.1. The molecule has 27 nitrogen and oxygen atoms in total. The Labute approximate surface area is 577 Å². The highest BCUT2D eigenvalue weighted by atomic mass is 19.1. The van der Waals surface area contributed by atoms with Crippen LogP contribution in [0.1, 0.15) is 81.0 Å². The smallest absolute Gasteiger partial charge is 0.245 e. The molecule has 2 fully saturated rings. The van der Waals surface area contributed by atoms with E-state index in [1.807, 2.05) is 66.7 Å². The third-order valence-electron chi connectivity index (χ3n) is 17.5. The van der Waals surface area contributed by atoms with Gasteiger partial charge in [-0.3, -0.25) is 57.7 Å². The summed E-state index contributed by atoms with van der Waals surface area (Å²) in [4.78, 5) is 161. The van der Waals surface area contributed by atoms with Crippen LogP contribution in [0, 0.1) is 11.7 Å². The summed E-state index contributed by atoms with van der Waals surface area (Å²) in [5.74, 6) is -9.36. The van der Waals surface area contributed by atoms with Gasteiger partial charge in [0.1, 0.15) is 65.9 Å². The zero-order valence-corrected chi connectivity index (χ0v) is 55.7. The van der Waals surface area contributed by atoms with Crippen LogP contribution < -0.4 is 59.7 Å². The van der Waals surface area contributed by atoms with Crippen LogP contribution in [0.5, 0.6) is 5.75 Å². The second-order valence-electron chi connectivity index (χ2n) is 25.5. The molecule has 0 radical (unpaired) electrons. The fraction of sp³-hybridized carbons (Fsp3) is 0.389. The Morgan fingerprint density at radius 2 is 0.980 bits per heavy atom. The Balaban J connectivity index is 1.07. The maximum Gasteiger partial charge on any atom is 0.245 e. The number of aliphatic hydroxyl groups is 1. The SMILES string of the molecule is CC(C)C[C@H](NC(=O)[C@@H](Cc1ccc2ccccc2c1)NC(=O)[C@H](Cc1ccc(O)cc1)NC(=O)[C@H](CO)NC(=O)[C@@H](Cc1ccc2ccccc2c1)NC(=O)[C@@H](Cc1ccc(F)cc1)NC(=O)[C@@H]1CCCN1C=O)C(=O)N[C@@H](CCCN=C(N)N)C(=O)N1CCC[C@H]1C(=O)NCC(N)=O. The molecule has 0 saturated carbocycles. The van der Waals surface area contributed by atoms with Gasteiger partial charge in [0.2, 0.25) is 65.5 Å².